The minimum atomic E-state index is -4.67. The van der Waals surface area contributed by atoms with E-state index in [2.05, 4.69) is 10.1 Å². The predicted octanol–water partition coefficient (Wildman–Crippen LogP) is 2.89. The molecule has 0 radical (unpaired) electrons. The number of aryl methyl sites for hydroxylation is 1. The van der Waals surface area contributed by atoms with Crippen LogP contribution in [0.2, 0.25) is 5.15 Å². The number of ether oxygens (including phenoxy) is 1. The van der Waals surface area contributed by atoms with Gasteiger partial charge in [0.2, 0.25) is 0 Å². The van der Waals surface area contributed by atoms with Gasteiger partial charge in [-0.1, -0.05) is 11.6 Å². The van der Waals surface area contributed by atoms with E-state index in [-0.39, 0.29) is 28.7 Å². The van der Waals surface area contributed by atoms with E-state index in [4.69, 9.17) is 16.3 Å². The number of halogens is 4. The standard InChI is InChI=1S/C11H9ClF3N3O2/c1-3-20-10(19)8-5(2)17-18-7(12)4-6(11(13,14)15)16-9(8)18/h4H,3H2,1-2H3. The molecular weight excluding hydrogens is 299 g/mol. The van der Waals surface area contributed by atoms with Gasteiger partial charge in [0.05, 0.1) is 12.3 Å². The van der Waals surface area contributed by atoms with E-state index in [1.807, 2.05) is 0 Å². The van der Waals surface area contributed by atoms with Crippen LogP contribution in [-0.4, -0.2) is 27.2 Å². The highest BCUT2D eigenvalue weighted by Gasteiger charge is 2.34. The lowest BCUT2D eigenvalue weighted by atomic mass is 10.2. The Labute approximate surface area is 116 Å². The number of esters is 1. The van der Waals surface area contributed by atoms with Crippen molar-refractivity contribution in [3.63, 3.8) is 0 Å². The third-order valence-corrected chi connectivity index (χ3v) is 2.76. The van der Waals surface area contributed by atoms with E-state index in [1.54, 1.807) is 6.92 Å². The van der Waals surface area contributed by atoms with Crippen LogP contribution in [-0.2, 0) is 10.9 Å². The second kappa shape index (κ2) is 4.93. The van der Waals surface area contributed by atoms with Crippen molar-refractivity contribution in [2.75, 3.05) is 6.61 Å². The number of carbonyl (C=O) groups is 1. The first-order valence-electron chi connectivity index (χ1n) is 5.56. The molecule has 0 fully saturated rings. The van der Waals surface area contributed by atoms with E-state index in [0.29, 0.717) is 6.07 Å². The fraction of sp³-hybridized carbons (Fsp3) is 0.364. The Morgan fingerprint density at radius 1 is 1.50 bits per heavy atom. The van der Waals surface area contributed by atoms with Crippen LogP contribution in [0.3, 0.4) is 0 Å². The number of nitrogens with zero attached hydrogens (tertiary/aromatic N) is 3. The van der Waals surface area contributed by atoms with Crippen molar-refractivity contribution in [2.24, 2.45) is 0 Å². The summed E-state index contributed by atoms with van der Waals surface area (Å²) in [6.07, 6.45) is -4.67. The maximum atomic E-state index is 12.7. The zero-order valence-electron chi connectivity index (χ0n) is 10.5. The Bertz CT molecular complexity index is 682. The van der Waals surface area contributed by atoms with Gasteiger partial charge < -0.3 is 4.74 Å². The van der Waals surface area contributed by atoms with E-state index >= 15 is 0 Å². The molecule has 2 aromatic heterocycles. The molecule has 2 heterocycles. The lowest BCUT2D eigenvalue weighted by molar-refractivity contribution is -0.141. The molecule has 0 amide bonds. The molecule has 0 N–H and O–H groups in total. The molecule has 0 spiro atoms. The van der Waals surface area contributed by atoms with Crippen molar-refractivity contribution >= 4 is 23.2 Å². The normalized spacial score (nSPS) is 11.9. The van der Waals surface area contributed by atoms with Gasteiger partial charge in [0.1, 0.15) is 16.4 Å². The average molecular weight is 308 g/mol. The molecule has 5 nitrogen and oxygen atoms in total. The number of aromatic nitrogens is 3. The molecule has 0 saturated heterocycles. The molecule has 108 valence electrons. The Morgan fingerprint density at radius 3 is 2.70 bits per heavy atom. The highest BCUT2D eigenvalue weighted by molar-refractivity contribution is 6.29. The SMILES string of the molecule is CCOC(=O)c1c(C)nn2c(Cl)cc(C(F)(F)F)nc12. The summed E-state index contributed by atoms with van der Waals surface area (Å²) in [5, 5.41) is 3.60. The monoisotopic (exact) mass is 307 g/mol. The van der Waals surface area contributed by atoms with Crippen LogP contribution in [0.25, 0.3) is 5.65 Å². The summed E-state index contributed by atoms with van der Waals surface area (Å²) in [7, 11) is 0. The maximum absolute atomic E-state index is 12.7. The molecular formula is C11H9ClF3N3O2. The second-order valence-corrected chi connectivity index (χ2v) is 4.27. The van der Waals surface area contributed by atoms with Gasteiger partial charge in [0.15, 0.2) is 5.65 Å². The van der Waals surface area contributed by atoms with Gasteiger partial charge in [-0.25, -0.2) is 14.3 Å². The molecule has 9 heteroatoms. The van der Waals surface area contributed by atoms with Gasteiger partial charge in [-0.15, -0.1) is 0 Å². The topological polar surface area (TPSA) is 56.5 Å². The summed E-state index contributed by atoms with van der Waals surface area (Å²) in [6, 6.07) is 0.649. The van der Waals surface area contributed by atoms with Crippen LogP contribution >= 0.6 is 11.6 Å². The highest BCUT2D eigenvalue weighted by Crippen LogP contribution is 2.31. The van der Waals surface area contributed by atoms with E-state index in [9.17, 15) is 18.0 Å². The Morgan fingerprint density at radius 2 is 2.15 bits per heavy atom. The van der Waals surface area contributed by atoms with Crippen LogP contribution < -0.4 is 0 Å². The quantitative estimate of drug-likeness (QED) is 0.632. The lowest BCUT2D eigenvalue weighted by Gasteiger charge is -2.07. The number of hydrogen-bond acceptors (Lipinski definition) is 4. The molecule has 0 saturated carbocycles. The number of hydrogen-bond donors (Lipinski definition) is 0. The average Bonchev–Trinajstić information content (AvgIpc) is 2.65. The molecule has 0 bridgehead atoms. The summed E-state index contributed by atoms with van der Waals surface area (Å²) >= 11 is 5.74. The third kappa shape index (κ3) is 2.43. The van der Waals surface area contributed by atoms with Gasteiger partial charge in [0.25, 0.3) is 0 Å². The summed E-state index contributed by atoms with van der Waals surface area (Å²) in [4.78, 5) is 15.2. The number of fused-ring (bicyclic) bond motifs is 1. The first-order valence-corrected chi connectivity index (χ1v) is 5.93. The van der Waals surface area contributed by atoms with Gasteiger partial charge in [-0.3, -0.25) is 0 Å². The molecule has 20 heavy (non-hydrogen) atoms. The van der Waals surface area contributed by atoms with Crippen molar-refractivity contribution in [3.8, 4) is 0 Å². The van der Waals surface area contributed by atoms with Crippen LogP contribution in [0, 0.1) is 6.92 Å². The summed E-state index contributed by atoms with van der Waals surface area (Å²) in [5.74, 6) is -0.789. The van der Waals surface area contributed by atoms with E-state index in [1.165, 1.54) is 6.92 Å². The number of rotatable bonds is 2. The van der Waals surface area contributed by atoms with Crippen LogP contribution in [0.15, 0.2) is 6.07 Å². The molecule has 0 unspecified atom stereocenters. The van der Waals surface area contributed by atoms with Crippen molar-refractivity contribution in [3.05, 3.63) is 28.2 Å². The molecule has 0 aliphatic carbocycles. The number of alkyl halides is 3. The van der Waals surface area contributed by atoms with Crippen molar-refractivity contribution < 1.29 is 22.7 Å². The van der Waals surface area contributed by atoms with Gasteiger partial charge in [0, 0.05) is 6.07 Å². The van der Waals surface area contributed by atoms with E-state index in [0.717, 1.165) is 4.52 Å². The van der Waals surface area contributed by atoms with Crippen molar-refractivity contribution in [1.29, 1.82) is 0 Å². The minimum Gasteiger partial charge on any atom is -0.462 e. The molecule has 0 aliphatic heterocycles. The smallest absolute Gasteiger partial charge is 0.433 e. The number of carbonyl (C=O) groups excluding carboxylic acids is 1. The van der Waals surface area contributed by atoms with Gasteiger partial charge in [-0.2, -0.15) is 18.3 Å². The fourth-order valence-electron chi connectivity index (χ4n) is 1.68. The maximum Gasteiger partial charge on any atom is 0.433 e. The zero-order chi connectivity index (χ0) is 15.1. The molecule has 0 aromatic carbocycles. The van der Waals surface area contributed by atoms with Crippen LogP contribution in [0.4, 0.5) is 13.2 Å². The summed E-state index contributed by atoms with van der Waals surface area (Å²) < 4.78 is 43.9. The first-order chi connectivity index (χ1) is 9.25. The first kappa shape index (κ1) is 14.6. The van der Waals surface area contributed by atoms with Gasteiger partial charge >= 0.3 is 12.1 Å². The largest absolute Gasteiger partial charge is 0.462 e. The van der Waals surface area contributed by atoms with Gasteiger partial charge in [-0.05, 0) is 13.8 Å². The zero-order valence-corrected chi connectivity index (χ0v) is 11.2. The van der Waals surface area contributed by atoms with Crippen LogP contribution in [0.1, 0.15) is 28.7 Å². The molecule has 2 aromatic rings. The Hall–Kier alpha value is -1.83. The van der Waals surface area contributed by atoms with E-state index < -0.39 is 17.8 Å². The molecule has 0 aliphatic rings. The Balaban J connectivity index is 2.73. The predicted molar refractivity (Wildman–Crippen MR) is 63.7 cm³/mol. The molecule has 0 atom stereocenters. The molecule has 2 rings (SSSR count). The Kier molecular flexibility index (Phi) is 3.59. The second-order valence-electron chi connectivity index (χ2n) is 3.88. The third-order valence-electron chi connectivity index (χ3n) is 2.49. The summed E-state index contributed by atoms with van der Waals surface area (Å²) in [5.41, 5.74) is -1.40. The fourth-order valence-corrected chi connectivity index (χ4v) is 1.90. The summed E-state index contributed by atoms with van der Waals surface area (Å²) in [6.45, 7) is 3.13. The minimum absolute atomic E-state index is 0.0856. The lowest BCUT2D eigenvalue weighted by Crippen LogP contribution is -2.11. The van der Waals surface area contributed by atoms with Crippen molar-refractivity contribution in [1.82, 2.24) is 14.6 Å². The highest BCUT2D eigenvalue weighted by atomic mass is 35.5. The van der Waals surface area contributed by atoms with Crippen molar-refractivity contribution in [2.45, 2.75) is 20.0 Å². The van der Waals surface area contributed by atoms with Crippen LogP contribution in [0.5, 0.6) is 0 Å².